The van der Waals surface area contributed by atoms with Crippen LogP contribution in [0.15, 0.2) is 48.0 Å². The molecule has 2 aromatic carbocycles. The van der Waals surface area contributed by atoms with Crippen molar-refractivity contribution in [3.63, 3.8) is 0 Å². The average molecular weight is 296 g/mol. The van der Waals surface area contributed by atoms with Gasteiger partial charge in [-0.1, -0.05) is 41.5 Å². The van der Waals surface area contributed by atoms with Crippen LogP contribution in [0.4, 0.5) is 0 Å². The maximum Gasteiger partial charge on any atom is 0.123 e. The number of aromatic hydroxyl groups is 2. The predicted molar refractivity (Wildman–Crippen MR) is 91.5 cm³/mol. The Labute approximate surface area is 132 Å². The highest BCUT2D eigenvalue weighted by Crippen LogP contribution is 2.30. The molecule has 2 N–H and O–H groups in total. The first-order valence-electron chi connectivity index (χ1n) is 7.68. The van der Waals surface area contributed by atoms with Gasteiger partial charge >= 0.3 is 0 Å². The average Bonchev–Trinajstić information content (AvgIpc) is 2.45. The molecule has 0 bridgehead atoms. The number of hydrogen-bond acceptors (Lipinski definition) is 2. The second-order valence-corrected chi connectivity index (χ2v) is 6.08. The summed E-state index contributed by atoms with van der Waals surface area (Å²) in [6, 6.07) is 12.0. The van der Waals surface area contributed by atoms with E-state index in [-0.39, 0.29) is 11.5 Å². The molecule has 0 atom stereocenters. The van der Waals surface area contributed by atoms with Gasteiger partial charge in [0.15, 0.2) is 0 Å². The van der Waals surface area contributed by atoms with Crippen molar-refractivity contribution in [1.82, 2.24) is 0 Å². The molecule has 116 valence electrons. The van der Waals surface area contributed by atoms with Crippen LogP contribution in [-0.2, 0) is 19.3 Å². The molecule has 0 saturated carbocycles. The van der Waals surface area contributed by atoms with Crippen molar-refractivity contribution in [2.24, 2.45) is 0 Å². The van der Waals surface area contributed by atoms with Gasteiger partial charge in [0.25, 0.3) is 0 Å². The molecule has 22 heavy (non-hydrogen) atoms. The first kappa shape index (κ1) is 16.2. The van der Waals surface area contributed by atoms with Crippen molar-refractivity contribution in [2.45, 2.75) is 40.0 Å². The number of hydrogen-bond donors (Lipinski definition) is 2. The molecule has 2 heteroatoms. The highest BCUT2D eigenvalue weighted by atomic mass is 16.3. The number of benzene rings is 2. The lowest BCUT2D eigenvalue weighted by Crippen LogP contribution is -1.94. The van der Waals surface area contributed by atoms with Crippen molar-refractivity contribution in [1.29, 1.82) is 0 Å². The topological polar surface area (TPSA) is 40.5 Å². The van der Waals surface area contributed by atoms with Gasteiger partial charge < -0.3 is 10.2 Å². The molecule has 0 aliphatic carbocycles. The molecule has 0 amide bonds. The molecule has 0 radical (unpaired) electrons. The molecule has 0 heterocycles. The summed E-state index contributed by atoms with van der Waals surface area (Å²) in [5.41, 5.74) is 5.24. The third-order valence-corrected chi connectivity index (χ3v) is 3.80. The Balaban J connectivity index is 2.09. The third kappa shape index (κ3) is 4.39. The molecule has 0 aliphatic heterocycles. The summed E-state index contributed by atoms with van der Waals surface area (Å²) in [6.45, 7) is 6.08. The van der Waals surface area contributed by atoms with E-state index < -0.39 is 0 Å². The van der Waals surface area contributed by atoms with Crippen molar-refractivity contribution < 1.29 is 10.2 Å². The van der Waals surface area contributed by atoms with Crippen molar-refractivity contribution in [3.05, 3.63) is 70.3 Å². The van der Waals surface area contributed by atoms with Crippen LogP contribution in [0, 0.1) is 6.92 Å². The summed E-state index contributed by atoms with van der Waals surface area (Å²) in [5.74, 6) is 0.354. The van der Waals surface area contributed by atoms with Gasteiger partial charge in [0.2, 0.25) is 0 Å². The fourth-order valence-electron chi connectivity index (χ4n) is 2.40. The van der Waals surface area contributed by atoms with Crippen LogP contribution in [-0.4, -0.2) is 10.2 Å². The highest BCUT2D eigenvalue weighted by Gasteiger charge is 2.09. The van der Waals surface area contributed by atoms with E-state index in [0.29, 0.717) is 12.0 Å². The van der Waals surface area contributed by atoms with Crippen molar-refractivity contribution in [3.8, 4) is 11.5 Å². The van der Waals surface area contributed by atoms with Crippen molar-refractivity contribution in [2.75, 3.05) is 0 Å². The number of aryl methyl sites for hydroxylation is 3. The van der Waals surface area contributed by atoms with Crippen LogP contribution in [0.25, 0.3) is 0 Å². The van der Waals surface area contributed by atoms with Crippen molar-refractivity contribution >= 4 is 0 Å². The minimum Gasteiger partial charge on any atom is -0.508 e. The molecule has 0 aliphatic rings. The van der Waals surface area contributed by atoms with E-state index in [1.54, 1.807) is 12.1 Å². The van der Waals surface area contributed by atoms with Crippen LogP contribution in [0.5, 0.6) is 11.5 Å². The van der Waals surface area contributed by atoms with E-state index in [2.05, 4.69) is 31.2 Å². The first-order valence-corrected chi connectivity index (χ1v) is 7.68. The maximum atomic E-state index is 10.1. The lowest BCUT2D eigenvalue weighted by Gasteiger charge is -2.09. The summed E-state index contributed by atoms with van der Waals surface area (Å²) in [4.78, 5) is 0. The van der Waals surface area contributed by atoms with Crippen LogP contribution in [0.1, 0.15) is 36.1 Å². The predicted octanol–water partition coefficient (Wildman–Crippen LogP) is 4.70. The Kier molecular flexibility index (Phi) is 5.26. The standard InChI is InChI=1S/C20H24O2/c1-14(2)4-11-18-19(21)12-17(13-20(18)22)10-9-16-7-5-15(3)6-8-16/h4-8,12-13,21-22H,9-11H2,1-3H3. The Morgan fingerprint density at radius 1 is 0.909 bits per heavy atom. The number of phenolic OH excluding ortho intramolecular Hbond substituents is 2. The van der Waals surface area contributed by atoms with Gasteiger partial charge in [0.05, 0.1) is 0 Å². The number of phenols is 2. The maximum absolute atomic E-state index is 10.1. The van der Waals surface area contributed by atoms with E-state index in [4.69, 9.17) is 0 Å². The zero-order valence-corrected chi connectivity index (χ0v) is 13.6. The number of rotatable bonds is 5. The molecule has 2 rings (SSSR count). The van der Waals surface area contributed by atoms with Crippen LogP contribution >= 0.6 is 0 Å². The molecular weight excluding hydrogens is 272 g/mol. The van der Waals surface area contributed by atoms with Crippen LogP contribution < -0.4 is 0 Å². The minimum absolute atomic E-state index is 0.177. The molecule has 0 saturated heterocycles. The Morgan fingerprint density at radius 2 is 1.45 bits per heavy atom. The third-order valence-electron chi connectivity index (χ3n) is 3.80. The van der Waals surface area contributed by atoms with Gasteiger partial charge in [0.1, 0.15) is 11.5 Å². The molecule has 0 fully saturated rings. The molecular formula is C20H24O2. The minimum atomic E-state index is 0.177. The van der Waals surface area contributed by atoms with Gasteiger partial charge in [-0.25, -0.2) is 0 Å². The normalized spacial score (nSPS) is 10.5. The summed E-state index contributed by atoms with van der Waals surface area (Å²) in [7, 11) is 0. The summed E-state index contributed by atoms with van der Waals surface area (Å²) in [6.07, 6.45) is 4.25. The van der Waals surface area contributed by atoms with Gasteiger partial charge in [0, 0.05) is 5.56 Å². The van der Waals surface area contributed by atoms with E-state index in [1.807, 2.05) is 19.9 Å². The summed E-state index contributed by atoms with van der Waals surface area (Å²) >= 11 is 0. The summed E-state index contributed by atoms with van der Waals surface area (Å²) < 4.78 is 0. The van der Waals surface area contributed by atoms with E-state index >= 15 is 0 Å². The zero-order chi connectivity index (χ0) is 16.1. The Bertz CT molecular complexity index is 640. The van der Waals surface area contributed by atoms with Gasteiger partial charge in [-0.15, -0.1) is 0 Å². The zero-order valence-electron chi connectivity index (χ0n) is 13.6. The monoisotopic (exact) mass is 296 g/mol. The van der Waals surface area contributed by atoms with Crippen LogP contribution in [0.2, 0.25) is 0 Å². The molecule has 0 aromatic heterocycles. The fraction of sp³-hybridized carbons (Fsp3) is 0.300. The van der Waals surface area contributed by atoms with Gasteiger partial charge in [-0.05, 0) is 63.3 Å². The van der Waals surface area contributed by atoms with E-state index in [9.17, 15) is 10.2 Å². The SMILES string of the molecule is CC(C)=CCc1c(O)cc(CCc2ccc(C)cc2)cc1O. The molecule has 0 unspecified atom stereocenters. The fourth-order valence-corrected chi connectivity index (χ4v) is 2.40. The largest absolute Gasteiger partial charge is 0.508 e. The highest BCUT2D eigenvalue weighted by molar-refractivity contribution is 5.48. The Hall–Kier alpha value is -2.22. The van der Waals surface area contributed by atoms with Gasteiger partial charge in [-0.3, -0.25) is 0 Å². The number of allylic oxidation sites excluding steroid dienone is 2. The quantitative estimate of drug-likeness (QED) is 0.785. The first-order chi connectivity index (χ1) is 10.5. The summed E-state index contributed by atoms with van der Waals surface area (Å²) in [5, 5.41) is 20.3. The molecule has 0 spiro atoms. The van der Waals surface area contributed by atoms with Crippen LogP contribution in [0.3, 0.4) is 0 Å². The molecule has 2 nitrogen and oxygen atoms in total. The molecule has 2 aromatic rings. The Morgan fingerprint density at radius 3 is 2.00 bits per heavy atom. The van der Waals surface area contributed by atoms with Gasteiger partial charge in [-0.2, -0.15) is 0 Å². The van der Waals surface area contributed by atoms with E-state index in [1.165, 1.54) is 16.7 Å². The lowest BCUT2D eigenvalue weighted by molar-refractivity contribution is 0.439. The van der Waals surface area contributed by atoms with E-state index in [0.717, 1.165) is 18.4 Å². The lowest BCUT2D eigenvalue weighted by atomic mass is 9.99. The smallest absolute Gasteiger partial charge is 0.123 e. The second kappa shape index (κ2) is 7.17. The second-order valence-electron chi connectivity index (χ2n) is 6.08.